The molecule has 5 nitrogen and oxygen atoms in total. The van der Waals surface area contributed by atoms with Crippen LogP contribution in [-0.4, -0.2) is 28.3 Å². The van der Waals surface area contributed by atoms with Crippen LogP contribution in [0, 0.1) is 11.3 Å². The Morgan fingerprint density at radius 1 is 1.65 bits per heavy atom. The van der Waals surface area contributed by atoms with Crippen molar-refractivity contribution in [1.29, 1.82) is 5.26 Å². The molecule has 1 saturated heterocycles. The Kier molecular flexibility index (Phi) is 4.40. The number of rotatable bonds is 4. The zero-order chi connectivity index (χ0) is 12.1. The van der Waals surface area contributed by atoms with Gasteiger partial charge < -0.3 is 9.26 Å². The molecule has 0 aromatic carbocycles. The standard InChI is InChI=1S/C11H15N3O2S/c1-8(3-2-4-12)11-13-10(14-16-11)9-7-17-6-5-15-9/h8-9H,2-3,5-7H2,1H3. The van der Waals surface area contributed by atoms with E-state index in [4.69, 9.17) is 14.5 Å². The Labute approximate surface area is 105 Å². The smallest absolute Gasteiger partial charge is 0.229 e. The largest absolute Gasteiger partial charge is 0.368 e. The lowest BCUT2D eigenvalue weighted by Crippen LogP contribution is -2.16. The first kappa shape index (κ1) is 12.4. The van der Waals surface area contributed by atoms with Gasteiger partial charge in [0.2, 0.25) is 11.7 Å². The van der Waals surface area contributed by atoms with Crippen LogP contribution in [0.4, 0.5) is 0 Å². The lowest BCUT2D eigenvalue weighted by atomic mass is 10.1. The summed E-state index contributed by atoms with van der Waals surface area (Å²) in [5.74, 6) is 3.28. The monoisotopic (exact) mass is 253 g/mol. The molecule has 0 bridgehead atoms. The molecule has 6 heteroatoms. The molecule has 17 heavy (non-hydrogen) atoms. The van der Waals surface area contributed by atoms with Gasteiger partial charge in [-0.05, 0) is 6.42 Å². The van der Waals surface area contributed by atoms with E-state index in [1.54, 1.807) is 0 Å². The second-order valence-electron chi connectivity index (χ2n) is 4.02. The maximum atomic E-state index is 8.53. The molecule has 0 radical (unpaired) electrons. The van der Waals surface area contributed by atoms with Crippen molar-refractivity contribution in [3.8, 4) is 6.07 Å². The first-order valence-corrected chi connectivity index (χ1v) is 6.86. The Balaban J connectivity index is 1.97. The van der Waals surface area contributed by atoms with Gasteiger partial charge in [0.15, 0.2) is 0 Å². The Morgan fingerprint density at radius 3 is 3.24 bits per heavy atom. The second kappa shape index (κ2) is 6.03. The van der Waals surface area contributed by atoms with Gasteiger partial charge in [-0.15, -0.1) is 0 Å². The van der Waals surface area contributed by atoms with Crippen LogP contribution in [0.5, 0.6) is 0 Å². The van der Waals surface area contributed by atoms with Gasteiger partial charge in [0, 0.05) is 23.8 Å². The maximum absolute atomic E-state index is 8.53. The molecule has 0 aliphatic carbocycles. The van der Waals surface area contributed by atoms with Gasteiger partial charge >= 0.3 is 0 Å². The van der Waals surface area contributed by atoms with Crippen molar-refractivity contribution in [1.82, 2.24) is 10.1 Å². The molecule has 1 aliphatic heterocycles. The van der Waals surface area contributed by atoms with Gasteiger partial charge in [-0.25, -0.2) is 0 Å². The topological polar surface area (TPSA) is 71.9 Å². The van der Waals surface area contributed by atoms with E-state index in [1.165, 1.54) is 0 Å². The number of aromatic nitrogens is 2. The van der Waals surface area contributed by atoms with Gasteiger partial charge in [-0.1, -0.05) is 12.1 Å². The average Bonchev–Trinajstić information content (AvgIpc) is 2.86. The zero-order valence-corrected chi connectivity index (χ0v) is 10.6. The lowest BCUT2D eigenvalue weighted by molar-refractivity contribution is 0.0677. The summed E-state index contributed by atoms with van der Waals surface area (Å²) in [5.41, 5.74) is 0. The zero-order valence-electron chi connectivity index (χ0n) is 9.76. The molecule has 1 fully saturated rings. The predicted molar refractivity (Wildman–Crippen MR) is 63.6 cm³/mol. The van der Waals surface area contributed by atoms with Crippen molar-refractivity contribution in [2.24, 2.45) is 0 Å². The minimum atomic E-state index is -0.0468. The minimum Gasteiger partial charge on any atom is -0.368 e. The Bertz CT molecular complexity index is 396. The van der Waals surface area contributed by atoms with E-state index in [0.717, 1.165) is 24.5 Å². The van der Waals surface area contributed by atoms with Crippen LogP contribution in [0.25, 0.3) is 0 Å². The number of nitriles is 1. The Hall–Kier alpha value is -1.06. The summed E-state index contributed by atoms with van der Waals surface area (Å²) in [6.07, 6.45) is 1.21. The van der Waals surface area contributed by atoms with Crippen molar-refractivity contribution in [2.45, 2.75) is 31.8 Å². The van der Waals surface area contributed by atoms with Crippen LogP contribution in [0.1, 0.15) is 43.5 Å². The van der Waals surface area contributed by atoms with Crippen molar-refractivity contribution in [2.75, 3.05) is 18.1 Å². The number of hydrogen-bond donors (Lipinski definition) is 0. The molecule has 2 unspecified atom stereocenters. The predicted octanol–water partition coefficient (Wildman–Crippen LogP) is 2.28. The van der Waals surface area contributed by atoms with Gasteiger partial charge in [0.25, 0.3) is 0 Å². The van der Waals surface area contributed by atoms with Crippen LogP contribution in [0.2, 0.25) is 0 Å². The van der Waals surface area contributed by atoms with Crippen LogP contribution in [-0.2, 0) is 4.74 Å². The first-order valence-electron chi connectivity index (χ1n) is 5.71. The van der Waals surface area contributed by atoms with Crippen LogP contribution in [0.3, 0.4) is 0 Å². The molecular formula is C11H15N3O2S. The van der Waals surface area contributed by atoms with Gasteiger partial charge in [0.1, 0.15) is 6.10 Å². The Morgan fingerprint density at radius 2 is 2.53 bits per heavy atom. The van der Waals surface area contributed by atoms with Crippen molar-refractivity contribution in [3.05, 3.63) is 11.7 Å². The molecule has 1 aromatic rings. The highest BCUT2D eigenvalue weighted by Gasteiger charge is 2.23. The van der Waals surface area contributed by atoms with E-state index in [-0.39, 0.29) is 12.0 Å². The molecule has 1 aliphatic rings. The molecule has 92 valence electrons. The van der Waals surface area contributed by atoms with E-state index >= 15 is 0 Å². The molecule has 0 amide bonds. The van der Waals surface area contributed by atoms with Crippen molar-refractivity contribution >= 4 is 11.8 Å². The molecular weight excluding hydrogens is 238 g/mol. The van der Waals surface area contributed by atoms with Gasteiger partial charge in [-0.2, -0.15) is 22.0 Å². The van der Waals surface area contributed by atoms with Crippen molar-refractivity contribution < 1.29 is 9.26 Å². The number of thioether (sulfide) groups is 1. The lowest BCUT2D eigenvalue weighted by Gasteiger charge is -2.18. The summed E-state index contributed by atoms with van der Waals surface area (Å²) >= 11 is 1.84. The third-order valence-electron chi connectivity index (χ3n) is 2.67. The summed E-state index contributed by atoms with van der Waals surface area (Å²) in [4.78, 5) is 4.36. The molecule has 0 saturated carbocycles. The van der Waals surface area contributed by atoms with Crippen molar-refractivity contribution in [3.63, 3.8) is 0 Å². The second-order valence-corrected chi connectivity index (χ2v) is 5.17. The van der Waals surface area contributed by atoms with E-state index in [9.17, 15) is 0 Å². The highest BCUT2D eigenvalue weighted by molar-refractivity contribution is 7.99. The summed E-state index contributed by atoms with van der Waals surface area (Å²) in [6, 6.07) is 2.12. The SMILES string of the molecule is CC(CCC#N)c1nc(C2CSCCO2)no1. The first-order chi connectivity index (χ1) is 8.31. The summed E-state index contributed by atoms with van der Waals surface area (Å²) < 4.78 is 10.8. The molecule has 0 N–H and O–H groups in total. The summed E-state index contributed by atoms with van der Waals surface area (Å²) in [5, 5.41) is 12.5. The fraction of sp³-hybridized carbons (Fsp3) is 0.727. The highest BCUT2D eigenvalue weighted by atomic mass is 32.2. The van der Waals surface area contributed by atoms with Gasteiger partial charge in [0.05, 0.1) is 12.7 Å². The fourth-order valence-corrected chi connectivity index (χ4v) is 2.46. The van der Waals surface area contributed by atoms with E-state index < -0.39 is 0 Å². The van der Waals surface area contributed by atoms with E-state index in [2.05, 4.69) is 16.2 Å². The van der Waals surface area contributed by atoms with E-state index in [1.807, 2.05) is 18.7 Å². The average molecular weight is 253 g/mol. The highest BCUT2D eigenvalue weighted by Crippen LogP contribution is 2.26. The number of nitrogens with zero attached hydrogens (tertiary/aromatic N) is 3. The number of ether oxygens (including phenoxy) is 1. The summed E-state index contributed by atoms with van der Waals surface area (Å²) in [6.45, 7) is 2.73. The van der Waals surface area contributed by atoms with Gasteiger partial charge in [-0.3, -0.25) is 0 Å². The third kappa shape index (κ3) is 3.20. The molecule has 2 heterocycles. The fourth-order valence-electron chi connectivity index (χ4n) is 1.62. The third-order valence-corrected chi connectivity index (χ3v) is 3.67. The van der Waals surface area contributed by atoms with Crippen LogP contribution >= 0.6 is 11.8 Å². The molecule has 2 rings (SSSR count). The van der Waals surface area contributed by atoms with Crippen LogP contribution in [0.15, 0.2) is 4.52 Å². The molecule has 0 spiro atoms. The maximum Gasteiger partial charge on any atom is 0.229 e. The van der Waals surface area contributed by atoms with E-state index in [0.29, 0.717) is 18.1 Å². The quantitative estimate of drug-likeness (QED) is 0.819. The minimum absolute atomic E-state index is 0.0468. The van der Waals surface area contributed by atoms with Crippen LogP contribution < -0.4 is 0 Å². The number of hydrogen-bond acceptors (Lipinski definition) is 6. The normalized spacial score (nSPS) is 22.0. The molecule has 1 aromatic heterocycles. The molecule has 2 atom stereocenters. The summed E-state index contributed by atoms with van der Waals surface area (Å²) in [7, 11) is 0.